The van der Waals surface area contributed by atoms with Crippen LogP contribution >= 0.6 is 15.9 Å². The number of nitrogens with zero attached hydrogens (tertiary/aromatic N) is 2. The second-order valence-corrected chi connectivity index (χ2v) is 6.65. The molecular weight excluding hydrogens is 288 g/mol. The SMILES string of the molecule is Cc1ncn(-c2cc(Br)cc(C(C)(C)C)c2)c1C. The van der Waals surface area contributed by atoms with E-state index in [0.29, 0.717) is 0 Å². The van der Waals surface area contributed by atoms with Gasteiger partial charge in [0.1, 0.15) is 0 Å². The van der Waals surface area contributed by atoms with Gasteiger partial charge in [-0.25, -0.2) is 4.98 Å². The molecule has 18 heavy (non-hydrogen) atoms. The highest BCUT2D eigenvalue weighted by Crippen LogP contribution is 2.28. The number of benzene rings is 1. The summed E-state index contributed by atoms with van der Waals surface area (Å²) in [6.07, 6.45) is 1.89. The Bertz CT molecular complexity index is 577. The number of imidazole rings is 1. The maximum Gasteiger partial charge on any atom is 0.0997 e. The first-order chi connectivity index (χ1) is 8.29. The van der Waals surface area contributed by atoms with Crippen LogP contribution in [0, 0.1) is 13.8 Å². The largest absolute Gasteiger partial charge is 0.303 e. The molecule has 0 fully saturated rings. The van der Waals surface area contributed by atoms with Gasteiger partial charge >= 0.3 is 0 Å². The Hall–Kier alpha value is -1.09. The molecule has 1 aromatic carbocycles. The van der Waals surface area contributed by atoms with Gasteiger partial charge in [-0.1, -0.05) is 36.7 Å². The van der Waals surface area contributed by atoms with Crippen molar-refractivity contribution in [3.05, 3.63) is 46.0 Å². The van der Waals surface area contributed by atoms with Crippen LogP contribution in [0.15, 0.2) is 29.0 Å². The van der Waals surface area contributed by atoms with Crippen LogP contribution in [0.3, 0.4) is 0 Å². The Morgan fingerprint density at radius 1 is 1.11 bits per heavy atom. The zero-order valence-electron chi connectivity index (χ0n) is 11.6. The zero-order valence-corrected chi connectivity index (χ0v) is 13.2. The van der Waals surface area contributed by atoms with Crippen LogP contribution in [-0.2, 0) is 5.41 Å². The Balaban J connectivity index is 2.59. The molecule has 2 nitrogen and oxygen atoms in total. The summed E-state index contributed by atoms with van der Waals surface area (Å²) in [7, 11) is 0. The Morgan fingerprint density at radius 2 is 1.78 bits per heavy atom. The summed E-state index contributed by atoms with van der Waals surface area (Å²) in [5.41, 5.74) is 4.88. The first-order valence-electron chi connectivity index (χ1n) is 6.11. The molecule has 1 heterocycles. The third-order valence-corrected chi connectivity index (χ3v) is 3.74. The monoisotopic (exact) mass is 306 g/mol. The average molecular weight is 307 g/mol. The summed E-state index contributed by atoms with van der Waals surface area (Å²) in [4.78, 5) is 4.36. The summed E-state index contributed by atoms with van der Waals surface area (Å²) < 4.78 is 3.24. The molecule has 1 aromatic heterocycles. The van der Waals surface area contributed by atoms with Crippen molar-refractivity contribution < 1.29 is 0 Å². The molecule has 0 saturated carbocycles. The molecule has 2 aromatic rings. The quantitative estimate of drug-likeness (QED) is 0.756. The smallest absolute Gasteiger partial charge is 0.0997 e. The lowest BCUT2D eigenvalue weighted by molar-refractivity contribution is 0.589. The minimum atomic E-state index is 0.141. The summed E-state index contributed by atoms with van der Waals surface area (Å²) >= 11 is 3.60. The average Bonchev–Trinajstić information content (AvgIpc) is 2.58. The molecule has 0 N–H and O–H groups in total. The molecule has 0 saturated heterocycles. The van der Waals surface area contributed by atoms with Gasteiger partial charge in [0, 0.05) is 15.9 Å². The first-order valence-corrected chi connectivity index (χ1v) is 6.90. The van der Waals surface area contributed by atoms with Crippen LogP contribution < -0.4 is 0 Å². The molecule has 0 spiro atoms. The molecule has 0 atom stereocenters. The van der Waals surface area contributed by atoms with E-state index in [9.17, 15) is 0 Å². The minimum Gasteiger partial charge on any atom is -0.303 e. The van der Waals surface area contributed by atoms with Crippen molar-refractivity contribution >= 4 is 15.9 Å². The summed E-state index contributed by atoms with van der Waals surface area (Å²) in [5, 5.41) is 0. The molecule has 2 rings (SSSR count). The second-order valence-electron chi connectivity index (χ2n) is 5.73. The predicted octanol–water partition coefficient (Wildman–Crippen LogP) is 4.55. The second kappa shape index (κ2) is 4.54. The molecule has 0 aliphatic rings. The Morgan fingerprint density at radius 3 is 2.28 bits per heavy atom. The van der Waals surface area contributed by atoms with Crippen molar-refractivity contribution in [2.24, 2.45) is 0 Å². The molecule has 0 bridgehead atoms. The van der Waals surface area contributed by atoms with Crippen molar-refractivity contribution in [1.82, 2.24) is 9.55 Å². The van der Waals surface area contributed by atoms with E-state index in [1.54, 1.807) is 0 Å². The third-order valence-electron chi connectivity index (χ3n) is 3.28. The highest BCUT2D eigenvalue weighted by atomic mass is 79.9. The number of halogens is 1. The van der Waals surface area contributed by atoms with Crippen molar-refractivity contribution in [2.45, 2.75) is 40.0 Å². The Labute approximate surface area is 117 Å². The normalized spacial score (nSPS) is 11.9. The van der Waals surface area contributed by atoms with Gasteiger partial charge in [-0.3, -0.25) is 0 Å². The van der Waals surface area contributed by atoms with Crippen LogP contribution in [0.25, 0.3) is 5.69 Å². The van der Waals surface area contributed by atoms with Gasteiger partial charge < -0.3 is 4.57 Å². The van der Waals surface area contributed by atoms with E-state index in [1.807, 2.05) is 13.3 Å². The highest BCUT2D eigenvalue weighted by Gasteiger charge is 2.16. The molecule has 3 heteroatoms. The number of hydrogen-bond donors (Lipinski definition) is 0. The summed E-state index contributed by atoms with van der Waals surface area (Å²) in [6.45, 7) is 10.8. The fourth-order valence-electron chi connectivity index (χ4n) is 1.91. The number of aromatic nitrogens is 2. The number of rotatable bonds is 1. The molecule has 0 radical (unpaired) electrons. The van der Waals surface area contributed by atoms with E-state index in [-0.39, 0.29) is 5.41 Å². The van der Waals surface area contributed by atoms with Crippen LogP contribution in [0.4, 0.5) is 0 Å². The number of hydrogen-bond acceptors (Lipinski definition) is 1. The molecule has 0 amide bonds. The van der Waals surface area contributed by atoms with Gasteiger partial charge in [-0.15, -0.1) is 0 Å². The van der Waals surface area contributed by atoms with Gasteiger partial charge in [0.05, 0.1) is 12.0 Å². The molecule has 0 aliphatic heterocycles. The van der Waals surface area contributed by atoms with Crippen molar-refractivity contribution in [3.8, 4) is 5.69 Å². The molecular formula is C15H19BrN2. The minimum absolute atomic E-state index is 0.141. The lowest BCUT2D eigenvalue weighted by Gasteiger charge is -2.21. The van der Waals surface area contributed by atoms with E-state index in [0.717, 1.165) is 15.9 Å². The third kappa shape index (κ3) is 2.51. The molecule has 0 aliphatic carbocycles. The summed E-state index contributed by atoms with van der Waals surface area (Å²) in [6, 6.07) is 6.55. The van der Waals surface area contributed by atoms with Crippen molar-refractivity contribution in [3.63, 3.8) is 0 Å². The van der Waals surface area contributed by atoms with Gasteiger partial charge in [-0.2, -0.15) is 0 Å². The van der Waals surface area contributed by atoms with E-state index in [4.69, 9.17) is 0 Å². The fraction of sp³-hybridized carbons (Fsp3) is 0.400. The van der Waals surface area contributed by atoms with Crippen LogP contribution in [0.1, 0.15) is 37.7 Å². The number of aryl methyl sites for hydroxylation is 1. The topological polar surface area (TPSA) is 17.8 Å². The zero-order chi connectivity index (χ0) is 13.5. The lowest BCUT2D eigenvalue weighted by Crippen LogP contribution is -2.12. The highest BCUT2D eigenvalue weighted by molar-refractivity contribution is 9.10. The predicted molar refractivity (Wildman–Crippen MR) is 79.4 cm³/mol. The van der Waals surface area contributed by atoms with Crippen LogP contribution in [-0.4, -0.2) is 9.55 Å². The summed E-state index contributed by atoms with van der Waals surface area (Å²) in [5.74, 6) is 0. The van der Waals surface area contributed by atoms with Crippen LogP contribution in [0.5, 0.6) is 0 Å². The van der Waals surface area contributed by atoms with E-state index < -0.39 is 0 Å². The molecule has 0 unspecified atom stereocenters. The van der Waals surface area contributed by atoms with E-state index >= 15 is 0 Å². The van der Waals surface area contributed by atoms with Crippen molar-refractivity contribution in [2.75, 3.05) is 0 Å². The first kappa shape index (κ1) is 13.3. The van der Waals surface area contributed by atoms with E-state index in [1.165, 1.54) is 11.3 Å². The van der Waals surface area contributed by atoms with Gasteiger partial charge in [0.15, 0.2) is 0 Å². The fourth-order valence-corrected chi connectivity index (χ4v) is 2.39. The van der Waals surface area contributed by atoms with Gasteiger partial charge in [0.2, 0.25) is 0 Å². The van der Waals surface area contributed by atoms with Gasteiger partial charge in [0.25, 0.3) is 0 Å². The lowest BCUT2D eigenvalue weighted by atomic mass is 9.87. The van der Waals surface area contributed by atoms with Crippen molar-refractivity contribution in [1.29, 1.82) is 0 Å². The standard InChI is InChI=1S/C15H19BrN2/c1-10-11(2)18(9-17-10)14-7-12(15(3,4)5)6-13(16)8-14/h6-9H,1-5H3. The van der Waals surface area contributed by atoms with Gasteiger partial charge in [-0.05, 0) is 43.0 Å². The molecule has 96 valence electrons. The Kier molecular flexibility index (Phi) is 3.37. The van der Waals surface area contributed by atoms with E-state index in [2.05, 4.69) is 71.4 Å². The van der Waals surface area contributed by atoms with Crippen LogP contribution in [0.2, 0.25) is 0 Å². The maximum atomic E-state index is 4.36. The maximum absolute atomic E-state index is 4.36.